The fourth-order valence-corrected chi connectivity index (χ4v) is 7.43. The second kappa shape index (κ2) is 4.58. The van der Waals surface area contributed by atoms with Crippen molar-refractivity contribution in [3.63, 3.8) is 0 Å². The number of hydrogen-bond donors (Lipinski definition) is 2. The highest BCUT2D eigenvalue weighted by Crippen LogP contribution is 2.74. The molecule has 3 aliphatic carbocycles. The molecule has 2 heteroatoms. The molecule has 2 saturated carbocycles. The third-order valence-corrected chi connectivity index (χ3v) is 8.00. The Kier molecular flexibility index (Phi) is 3.14. The molecule has 0 aromatic heterocycles. The van der Waals surface area contributed by atoms with Gasteiger partial charge in [0.2, 0.25) is 0 Å². The molecule has 132 valence electrons. The molecule has 1 spiro atoms. The first kappa shape index (κ1) is 16.4. The lowest BCUT2D eigenvalue weighted by Crippen LogP contribution is -2.47. The third kappa shape index (κ3) is 1.87. The van der Waals surface area contributed by atoms with E-state index < -0.39 is 0 Å². The normalized spacial score (nSPS) is 42.1. The Bertz CT molecular complexity index is 689. The van der Waals surface area contributed by atoms with E-state index in [4.69, 9.17) is 0 Å². The Balaban J connectivity index is 1.97. The topological polar surface area (TPSA) is 40.5 Å². The maximum Gasteiger partial charge on any atom is 0.115 e. The van der Waals surface area contributed by atoms with E-state index in [1.165, 1.54) is 11.1 Å². The molecule has 1 aromatic rings. The molecule has 24 heavy (non-hydrogen) atoms. The summed E-state index contributed by atoms with van der Waals surface area (Å²) in [6.07, 6.45) is 5.07. The highest BCUT2D eigenvalue weighted by Gasteiger charge is 2.68. The minimum atomic E-state index is -0.179. The summed E-state index contributed by atoms with van der Waals surface area (Å²) < 4.78 is 0. The minimum Gasteiger partial charge on any atom is -0.508 e. The van der Waals surface area contributed by atoms with Crippen molar-refractivity contribution in [1.29, 1.82) is 0 Å². The summed E-state index contributed by atoms with van der Waals surface area (Å²) >= 11 is 0. The number of aliphatic hydroxyl groups excluding tert-OH is 1. The van der Waals surface area contributed by atoms with E-state index in [1.54, 1.807) is 0 Å². The SMILES string of the molecule is CC1(C)CC2(CC(C)(C)C3CCC(O)CC32C)c2cc(O)ccc21. The van der Waals surface area contributed by atoms with Gasteiger partial charge >= 0.3 is 0 Å². The summed E-state index contributed by atoms with van der Waals surface area (Å²) in [6.45, 7) is 12.0. The zero-order chi connectivity index (χ0) is 17.5. The molecule has 2 N–H and O–H groups in total. The number of phenolic OH excluding ortho intramolecular Hbond substituents is 1. The van der Waals surface area contributed by atoms with Crippen LogP contribution >= 0.6 is 0 Å². The highest BCUT2D eigenvalue weighted by molar-refractivity contribution is 5.52. The Morgan fingerprint density at radius 1 is 0.958 bits per heavy atom. The lowest BCUT2D eigenvalue weighted by Gasteiger charge is -2.50. The molecule has 2 fully saturated rings. The van der Waals surface area contributed by atoms with Crippen LogP contribution in [0.3, 0.4) is 0 Å². The van der Waals surface area contributed by atoms with Gasteiger partial charge in [-0.2, -0.15) is 0 Å². The molecule has 0 heterocycles. The number of hydrogen-bond acceptors (Lipinski definition) is 2. The molecule has 4 atom stereocenters. The lowest BCUT2D eigenvalue weighted by molar-refractivity contribution is -0.0278. The molecule has 3 aliphatic rings. The van der Waals surface area contributed by atoms with E-state index in [9.17, 15) is 10.2 Å². The summed E-state index contributed by atoms with van der Waals surface area (Å²) in [5.41, 5.74) is 3.33. The van der Waals surface area contributed by atoms with Gasteiger partial charge in [-0.3, -0.25) is 0 Å². The molecule has 1 aromatic carbocycles. The van der Waals surface area contributed by atoms with E-state index in [2.05, 4.69) is 40.7 Å². The van der Waals surface area contributed by atoms with Gasteiger partial charge in [0.25, 0.3) is 0 Å². The number of aromatic hydroxyl groups is 1. The monoisotopic (exact) mass is 328 g/mol. The first-order chi connectivity index (χ1) is 11.0. The largest absolute Gasteiger partial charge is 0.508 e. The first-order valence-corrected chi connectivity index (χ1v) is 9.54. The maximum absolute atomic E-state index is 10.5. The van der Waals surface area contributed by atoms with Gasteiger partial charge in [0.15, 0.2) is 0 Å². The number of aliphatic hydroxyl groups is 1. The Hall–Kier alpha value is -1.02. The molecular formula is C22H32O2. The van der Waals surface area contributed by atoms with Crippen LogP contribution in [-0.4, -0.2) is 16.3 Å². The maximum atomic E-state index is 10.5. The zero-order valence-electron chi connectivity index (χ0n) is 15.8. The summed E-state index contributed by atoms with van der Waals surface area (Å²) in [5, 5.41) is 20.7. The molecule has 0 saturated heterocycles. The summed E-state index contributed by atoms with van der Waals surface area (Å²) in [6, 6.07) is 6.02. The van der Waals surface area contributed by atoms with E-state index in [1.807, 2.05) is 12.1 Å². The van der Waals surface area contributed by atoms with Gasteiger partial charge in [-0.05, 0) is 77.5 Å². The number of benzene rings is 1. The number of rotatable bonds is 0. The third-order valence-electron chi connectivity index (χ3n) is 8.00. The number of phenols is 1. The molecule has 0 amide bonds. The van der Waals surface area contributed by atoms with Crippen LogP contribution in [0.1, 0.15) is 77.8 Å². The van der Waals surface area contributed by atoms with Crippen LogP contribution in [0.5, 0.6) is 5.75 Å². The van der Waals surface area contributed by atoms with Crippen molar-refractivity contribution in [2.24, 2.45) is 16.7 Å². The second-order valence-corrected chi connectivity index (χ2v) is 10.4. The predicted octanol–water partition coefficient (Wildman–Crippen LogP) is 4.91. The molecule has 0 aliphatic heterocycles. The fraction of sp³-hybridized carbons (Fsp3) is 0.727. The van der Waals surface area contributed by atoms with Crippen molar-refractivity contribution < 1.29 is 10.2 Å². The average Bonchev–Trinajstić information content (AvgIpc) is 2.75. The second-order valence-electron chi connectivity index (χ2n) is 10.4. The van der Waals surface area contributed by atoms with Crippen molar-refractivity contribution in [3.8, 4) is 5.75 Å². The summed E-state index contributed by atoms with van der Waals surface area (Å²) in [4.78, 5) is 0. The number of fused-ring (bicyclic) bond motifs is 4. The molecule has 4 rings (SSSR count). The van der Waals surface area contributed by atoms with Gasteiger partial charge in [0.05, 0.1) is 6.10 Å². The standard InChI is InChI=1S/C22H32O2/c1-19(2)12-22(17-10-14(23)6-8-16(17)19)13-20(3,4)18-9-7-15(24)11-21(18,22)5/h6,8,10,15,18,23-24H,7,9,11-13H2,1-5H3. The van der Waals surface area contributed by atoms with Gasteiger partial charge in [-0.1, -0.05) is 40.7 Å². The predicted molar refractivity (Wildman–Crippen MR) is 97.3 cm³/mol. The Morgan fingerprint density at radius 2 is 1.67 bits per heavy atom. The van der Waals surface area contributed by atoms with Crippen molar-refractivity contribution in [2.75, 3.05) is 0 Å². The molecule has 2 nitrogen and oxygen atoms in total. The Labute approximate surface area is 146 Å². The van der Waals surface area contributed by atoms with Crippen LogP contribution in [0.4, 0.5) is 0 Å². The molecular weight excluding hydrogens is 296 g/mol. The van der Waals surface area contributed by atoms with Gasteiger partial charge in [-0.15, -0.1) is 0 Å². The van der Waals surface area contributed by atoms with Crippen LogP contribution in [-0.2, 0) is 10.8 Å². The van der Waals surface area contributed by atoms with Crippen LogP contribution in [0.15, 0.2) is 18.2 Å². The van der Waals surface area contributed by atoms with Crippen molar-refractivity contribution in [2.45, 2.75) is 83.7 Å². The zero-order valence-corrected chi connectivity index (χ0v) is 15.8. The smallest absolute Gasteiger partial charge is 0.115 e. The van der Waals surface area contributed by atoms with Crippen LogP contribution < -0.4 is 0 Å². The van der Waals surface area contributed by atoms with Crippen molar-refractivity contribution in [3.05, 3.63) is 29.3 Å². The van der Waals surface area contributed by atoms with E-state index >= 15 is 0 Å². The van der Waals surface area contributed by atoms with Gasteiger partial charge in [-0.25, -0.2) is 0 Å². The van der Waals surface area contributed by atoms with E-state index in [-0.39, 0.29) is 27.8 Å². The quantitative estimate of drug-likeness (QED) is 0.710. The Morgan fingerprint density at radius 3 is 2.38 bits per heavy atom. The highest BCUT2D eigenvalue weighted by atomic mass is 16.3. The van der Waals surface area contributed by atoms with Gasteiger partial charge in [0, 0.05) is 5.41 Å². The van der Waals surface area contributed by atoms with Gasteiger partial charge in [0.1, 0.15) is 5.75 Å². The minimum absolute atomic E-state index is 0.0696. The molecule has 0 radical (unpaired) electrons. The van der Waals surface area contributed by atoms with Crippen LogP contribution in [0, 0.1) is 16.7 Å². The van der Waals surface area contributed by atoms with E-state index in [0.29, 0.717) is 11.7 Å². The van der Waals surface area contributed by atoms with Crippen molar-refractivity contribution >= 4 is 0 Å². The lowest BCUT2D eigenvalue weighted by atomic mass is 9.54. The molecule has 4 unspecified atom stereocenters. The van der Waals surface area contributed by atoms with Crippen LogP contribution in [0.2, 0.25) is 0 Å². The van der Waals surface area contributed by atoms with E-state index in [0.717, 1.165) is 32.1 Å². The first-order valence-electron chi connectivity index (χ1n) is 9.54. The summed E-state index contributed by atoms with van der Waals surface area (Å²) in [7, 11) is 0. The molecule has 0 bridgehead atoms. The fourth-order valence-electron chi connectivity index (χ4n) is 7.43. The van der Waals surface area contributed by atoms with Gasteiger partial charge < -0.3 is 10.2 Å². The van der Waals surface area contributed by atoms with Crippen molar-refractivity contribution in [1.82, 2.24) is 0 Å². The van der Waals surface area contributed by atoms with Crippen LogP contribution in [0.25, 0.3) is 0 Å². The average molecular weight is 328 g/mol. The summed E-state index contributed by atoms with van der Waals surface area (Å²) in [5.74, 6) is 1.02.